The Balaban J connectivity index is 2.30. The average Bonchev–Trinajstić information content (AvgIpc) is 2.89. The molecule has 0 aliphatic rings. The van der Waals surface area contributed by atoms with Crippen LogP contribution < -0.4 is 0 Å². The Morgan fingerprint density at radius 2 is 2.32 bits per heavy atom. The van der Waals surface area contributed by atoms with Crippen LogP contribution in [-0.4, -0.2) is 22.5 Å². The second-order valence-corrected chi connectivity index (χ2v) is 4.72. The molecule has 1 heterocycles. The molecule has 0 amide bonds. The lowest BCUT2D eigenvalue weighted by molar-refractivity contribution is -0.133. The number of thiazole rings is 1. The minimum Gasteiger partial charge on any atom is -0.478 e. The Kier molecular flexibility index (Phi) is 3.91. The highest BCUT2D eigenvalue weighted by Gasteiger charge is 2.13. The van der Waals surface area contributed by atoms with E-state index in [2.05, 4.69) is 4.98 Å². The number of rotatable bonds is 5. The van der Waals surface area contributed by atoms with Gasteiger partial charge in [-0.2, -0.15) is 0 Å². The van der Waals surface area contributed by atoms with E-state index in [0.29, 0.717) is 17.2 Å². The zero-order valence-corrected chi connectivity index (χ0v) is 10.9. The highest BCUT2D eigenvalue weighted by Crippen LogP contribution is 2.27. The van der Waals surface area contributed by atoms with Crippen molar-refractivity contribution in [2.45, 2.75) is 13.0 Å². The first-order valence-electron chi connectivity index (χ1n) is 5.50. The first-order chi connectivity index (χ1) is 9.11. The van der Waals surface area contributed by atoms with Crippen molar-refractivity contribution in [3.63, 3.8) is 0 Å². The van der Waals surface area contributed by atoms with Crippen LogP contribution in [0.2, 0.25) is 0 Å². The Morgan fingerprint density at radius 3 is 3.00 bits per heavy atom. The zero-order valence-electron chi connectivity index (χ0n) is 10.1. The summed E-state index contributed by atoms with van der Waals surface area (Å²) >= 11 is 1.36. The van der Waals surface area contributed by atoms with Gasteiger partial charge in [0.05, 0.1) is 11.3 Å². The maximum absolute atomic E-state index is 10.9. The maximum Gasteiger partial charge on any atom is 0.335 e. The fraction of sp³-hybridized carbons (Fsp3) is 0.154. The van der Waals surface area contributed by atoms with Gasteiger partial charge in [0.2, 0.25) is 0 Å². The molecule has 2 rings (SSSR count). The van der Waals surface area contributed by atoms with Crippen LogP contribution in [-0.2, 0) is 9.53 Å². The molecule has 98 valence electrons. The lowest BCUT2D eigenvalue weighted by Crippen LogP contribution is -1.98. The molecule has 19 heavy (non-hydrogen) atoms. The summed E-state index contributed by atoms with van der Waals surface area (Å²) in [5.74, 6) is -0.977. The molecule has 1 aromatic carbocycles. The van der Waals surface area contributed by atoms with Gasteiger partial charge < -0.3 is 9.84 Å². The number of aromatic nitrogens is 1. The van der Waals surface area contributed by atoms with E-state index in [1.165, 1.54) is 17.4 Å². The van der Waals surface area contributed by atoms with E-state index in [1.807, 2.05) is 0 Å². The Bertz CT molecular complexity index is 608. The van der Waals surface area contributed by atoms with E-state index in [0.717, 1.165) is 5.56 Å². The molecule has 0 saturated heterocycles. The van der Waals surface area contributed by atoms with Gasteiger partial charge in [0.15, 0.2) is 6.10 Å². The maximum atomic E-state index is 10.9. The van der Waals surface area contributed by atoms with Crippen LogP contribution in [0.15, 0.2) is 29.6 Å². The number of carboxylic acid groups (broad SMARTS) is 1. The van der Waals surface area contributed by atoms with Crippen molar-refractivity contribution in [3.05, 3.63) is 40.2 Å². The summed E-state index contributed by atoms with van der Waals surface area (Å²) in [7, 11) is 0. The predicted molar refractivity (Wildman–Crippen MR) is 70.1 cm³/mol. The smallest absolute Gasteiger partial charge is 0.335 e. The molecule has 1 aromatic heterocycles. The lowest BCUT2D eigenvalue weighted by Gasteiger charge is -2.04. The number of carbonyl (C=O) groups is 2. The number of aromatic carboxylic acids is 1. The molecular weight excluding hydrogens is 266 g/mol. The highest BCUT2D eigenvalue weighted by molar-refractivity contribution is 7.10. The molecule has 5 nitrogen and oxygen atoms in total. The standard InChI is InChI=1S/C13H11NO4S/c1-8(18-7-15)12-14-11(6-19-12)9-3-2-4-10(5-9)13(16)17/h2-8H,1H3,(H,16,17). The largest absolute Gasteiger partial charge is 0.478 e. The number of nitrogens with zero attached hydrogens (tertiary/aromatic N) is 1. The van der Waals surface area contributed by atoms with E-state index in [1.54, 1.807) is 30.5 Å². The van der Waals surface area contributed by atoms with Gasteiger partial charge in [0, 0.05) is 10.9 Å². The number of hydrogen-bond donors (Lipinski definition) is 1. The molecule has 1 atom stereocenters. The molecule has 2 aromatic rings. The minimum absolute atomic E-state index is 0.212. The summed E-state index contributed by atoms with van der Waals surface area (Å²) in [5, 5.41) is 11.4. The van der Waals surface area contributed by atoms with Gasteiger partial charge in [-0.1, -0.05) is 12.1 Å². The molecule has 0 aliphatic carbocycles. The Labute approximate surface area is 113 Å². The van der Waals surface area contributed by atoms with Crippen molar-refractivity contribution < 1.29 is 19.4 Å². The fourth-order valence-corrected chi connectivity index (χ4v) is 2.38. The van der Waals surface area contributed by atoms with Crippen LogP contribution in [0.25, 0.3) is 11.3 Å². The summed E-state index contributed by atoms with van der Waals surface area (Å²) in [5.41, 5.74) is 1.61. The van der Waals surface area contributed by atoms with Crippen LogP contribution >= 0.6 is 11.3 Å². The first-order valence-corrected chi connectivity index (χ1v) is 6.38. The molecule has 0 saturated carbocycles. The third-order valence-electron chi connectivity index (χ3n) is 2.53. The van der Waals surface area contributed by atoms with Crippen LogP contribution in [0.5, 0.6) is 0 Å². The summed E-state index contributed by atoms with van der Waals surface area (Å²) in [6.07, 6.45) is -0.404. The topological polar surface area (TPSA) is 76.5 Å². The highest BCUT2D eigenvalue weighted by atomic mass is 32.1. The molecular formula is C13H11NO4S. The van der Waals surface area contributed by atoms with E-state index < -0.39 is 12.1 Å². The van der Waals surface area contributed by atoms with Crippen molar-refractivity contribution in [3.8, 4) is 11.3 Å². The van der Waals surface area contributed by atoms with Crippen LogP contribution in [0.4, 0.5) is 0 Å². The lowest BCUT2D eigenvalue weighted by atomic mass is 10.1. The van der Waals surface area contributed by atoms with Gasteiger partial charge in [0.1, 0.15) is 5.01 Å². The second-order valence-electron chi connectivity index (χ2n) is 3.83. The van der Waals surface area contributed by atoms with E-state index in [-0.39, 0.29) is 5.56 Å². The number of ether oxygens (including phenoxy) is 1. The molecule has 0 bridgehead atoms. The fourth-order valence-electron chi connectivity index (χ4n) is 1.56. The summed E-state index contributed by atoms with van der Waals surface area (Å²) < 4.78 is 4.81. The third-order valence-corrected chi connectivity index (χ3v) is 3.54. The van der Waals surface area contributed by atoms with Crippen molar-refractivity contribution in [1.29, 1.82) is 0 Å². The van der Waals surface area contributed by atoms with Gasteiger partial charge in [0.25, 0.3) is 6.47 Å². The molecule has 6 heteroatoms. The number of hydrogen-bond acceptors (Lipinski definition) is 5. The van der Waals surface area contributed by atoms with Crippen molar-refractivity contribution in [1.82, 2.24) is 4.98 Å². The van der Waals surface area contributed by atoms with Crippen molar-refractivity contribution >= 4 is 23.8 Å². The normalized spacial score (nSPS) is 11.8. The molecule has 1 unspecified atom stereocenters. The molecule has 0 aliphatic heterocycles. The number of carboxylic acids is 1. The quantitative estimate of drug-likeness (QED) is 0.850. The molecule has 0 fully saturated rings. The average molecular weight is 277 g/mol. The van der Waals surface area contributed by atoms with Crippen molar-refractivity contribution in [2.75, 3.05) is 0 Å². The van der Waals surface area contributed by atoms with Gasteiger partial charge >= 0.3 is 5.97 Å². The monoisotopic (exact) mass is 277 g/mol. The van der Waals surface area contributed by atoms with E-state index in [4.69, 9.17) is 9.84 Å². The number of carbonyl (C=O) groups excluding carboxylic acids is 1. The zero-order chi connectivity index (χ0) is 13.8. The predicted octanol–water partition coefficient (Wildman–Crippen LogP) is 2.74. The van der Waals surface area contributed by atoms with E-state index in [9.17, 15) is 9.59 Å². The Morgan fingerprint density at radius 1 is 1.53 bits per heavy atom. The van der Waals surface area contributed by atoms with Gasteiger partial charge in [-0.25, -0.2) is 9.78 Å². The van der Waals surface area contributed by atoms with E-state index >= 15 is 0 Å². The second kappa shape index (κ2) is 5.62. The van der Waals surface area contributed by atoms with Gasteiger partial charge in [-0.05, 0) is 19.1 Å². The third kappa shape index (κ3) is 2.97. The van der Waals surface area contributed by atoms with Gasteiger partial charge in [-0.15, -0.1) is 11.3 Å². The Hall–Kier alpha value is -2.21. The first kappa shape index (κ1) is 13.2. The number of benzene rings is 1. The van der Waals surface area contributed by atoms with Gasteiger partial charge in [-0.3, -0.25) is 4.79 Å². The van der Waals surface area contributed by atoms with Crippen molar-refractivity contribution in [2.24, 2.45) is 0 Å². The summed E-state index contributed by atoms with van der Waals surface area (Å²) in [6, 6.07) is 6.54. The van der Waals surface area contributed by atoms with Crippen LogP contribution in [0.1, 0.15) is 28.4 Å². The van der Waals surface area contributed by atoms with Crippen LogP contribution in [0.3, 0.4) is 0 Å². The molecule has 0 spiro atoms. The summed E-state index contributed by atoms with van der Waals surface area (Å²) in [4.78, 5) is 25.5. The molecule has 0 radical (unpaired) electrons. The SMILES string of the molecule is CC(OC=O)c1nc(-c2cccc(C(=O)O)c2)cs1. The summed E-state index contributed by atoms with van der Waals surface area (Å²) in [6.45, 7) is 2.11. The minimum atomic E-state index is -0.977. The molecule has 1 N–H and O–H groups in total. The van der Waals surface area contributed by atoms with Crippen LogP contribution in [0, 0.1) is 0 Å².